The first-order valence-corrected chi connectivity index (χ1v) is 9.59. The van der Waals surface area contributed by atoms with Gasteiger partial charge in [-0.1, -0.05) is 54.6 Å². The summed E-state index contributed by atoms with van der Waals surface area (Å²) in [6, 6.07) is 23.3. The number of fused-ring (bicyclic) bond motifs is 1. The van der Waals surface area contributed by atoms with Gasteiger partial charge in [0.2, 0.25) is 5.88 Å². The number of hydrogen-bond acceptors (Lipinski definition) is 5. The first-order chi connectivity index (χ1) is 15.1. The summed E-state index contributed by atoms with van der Waals surface area (Å²) in [5.74, 6) is -0.843. The molecule has 0 atom stereocenters. The summed E-state index contributed by atoms with van der Waals surface area (Å²) >= 11 is 0. The fourth-order valence-corrected chi connectivity index (χ4v) is 3.46. The minimum atomic E-state index is -0.478. The Morgan fingerprint density at radius 3 is 2.26 bits per heavy atom. The highest BCUT2D eigenvalue weighted by atomic mass is 16.3. The van der Waals surface area contributed by atoms with Gasteiger partial charge >= 0.3 is 0 Å². The summed E-state index contributed by atoms with van der Waals surface area (Å²) in [6.07, 6.45) is 2.92. The second-order valence-corrected chi connectivity index (χ2v) is 6.91. The van der Waals surface area contributed by atoms with Gasteiger partial charge in [0.15, 0.2) is 0 Å². The van der Waals surface area contributed by atoms with Crippen LogP contribution in [0, 0.1) is 0 Å². The van der Waals surface area contributed by atoms with Gasteiger partial charge in [-0.25, -0.2) is 0 Å². The number of benzene rings is 2. The third kappa shape index (κ3) is 3.18. The van der Waals surface area contributed by atoms with Crippen molar-refractivity contribution in [3.05, 3.63) is 112 Å². The van der Waals surface area contributed by atoms with Crippen molar-refractivity contribution in [2.75, 3.05) is 5.01 Å². The quantitative estimate of drug-likeness (QED) is 0.527. The van der Waals surface area contributed by atoms with Crippen LogP contribution in [0.4, 0.5) is 5.69 Å². The van der Waals surface area contributed by atoms with Crippen molar-refractivity contribution < 1.29 is 9.90 Å². The molecule has 0 saturated heterocycles. The molecule has 1 aliphatic heterocycles. The molecule has 5 rings (SSSR count). The molecule has 2 aromatic heterocycles. The van der Waals surface area contributed by atoms with Gasteiger partial charge in [0.05, 0.1) is 11.3 Å². The Morgan fingerprint density at radius 2 is 1.52 bits per heavy atom. The fraction of sp³-hybridized carbons (Fsp3) is 0. The molecule has 0 fully saturated rings. The minimum absolute atomic E-state index is 0.0782. The standard InChI is InChI=1S/C24H16N4O3/c29-22-19(23(30)27-14-8-7-13-20(27)25-22)15-18-21(16-9-3-1-4-10-16)26-28(24(18)31)17-11-5-2-6-12-17/h1-15,29H. The van der Waals surface area contributed by atoms with Crippen LogP contribution in [0.15, 0.2) is 101 Å². The highest BCUT2D eigenvalue weighted by Gasteiger charge is 2.32. The van der Waals surface area contributed by atoms with E-state index < -0.39 is 17.3 Å². The third-order valence-electron chi connectivity index (χ3n) is 4.96. The van der Waals surface area contributed by atoms with Gasteiger partial charge in [0.1, 0.15) is 16.9 Å². The number of aromatic hydroxyl groups is 1. The third-order valence-corrected chi connectivity index (χ3v) is 4.96. The van der Waals surface area contributed by atoms with E-state index >= 15 is 0 Å². The lowest BCUT2D eigenvalue weighted by atomic mass is 10.0. The van der Waals surface area contributed by atoms with Crippen molar-refractivity contribution >= 4 is 29.0 Å². The fourth-order valence-electron chi connectivity index (χ4n) is 3.46. The van der Waals surface area contributed by atoms with E-state index in [1.54, 1.807) is 36.5 Å². The maximum Gasteiger partial charge on any atom is 0.281 e. The summed E-state index contributed by atoms with van der Waals surface area (Å²) in [5, 5.41) is 16.3. The van der Waals surface area contributed by atoms with Crippen LogP contribution in [-0.4, -0.2) is 26.1 Å². The Balaban J connectivity index is 1.71. The first-order valence-electron chi connectivity index (χ1n) is 9.59. The molecule has 31 heavy (non-hydrogen) atoms. The molecule has 4 aromatic rings. The molecule has 3 heterocycles. The van der Waals surface area contributed by atoms with E-state index in [1.165, 1.54) is 15.5 Å². The van der Waals surface area contributed by atoms with Gasteiger partial charge < -0.3 is 5.11 Å². The van der Waals surface area contributed by atoms with Crippen LogP contribution >= 0.6 is 0 Å². The Morgan fingerprint density at radius 1 is 0.839 bits per heavy atom. The number of rotatable bonds is 3. The highest BCUT2D eigenvalue weighted by molar-refractivity contribution is 6.37. The van der Waals surface area contributed by atoms with Crippen molar-refractivity contribution in [1.82, 2.24) is 9.38 Å². The van der Waals surface area contributed by atoms with E-state index in [2.05, 4.69) is 10.1 Å². The molecule has 0 bridgehead atoms. The predicted molar refractivity (Wildman–Crippen MR) is 118 cm³/mol. The van der Waals surface area contributed by atoms with Gasteiger partial charge in [0, 0.05) is 11.8 Å². The molecule has 7 nitrogen and oxygen atoms in total. The second-order valence-electron chi connectivity index (χ2n) is 6.91. The molecule has 0 saturated carbocycles. The largest absolute Gasteiger partial charge is 0.493 e. The average molecular weight is 408 g/mol. The molecule has 150 valence electrons. The lowest BCUT2D eigenvalue weighted by Crippen LogP contribution is -2.22. The maximum atomic E-state index is 13.3. The zero-order chi connectivity index (χ0) is 21.4. The summed E-state index contributed by atoms with van der Waals surface area (Å²) < 4.78 is 1.32. The first kappa shape index (κ1) is 18.5. The summed E-state index contributed by atoms with van der Waals surface area (Å²) in [6.45, 7) is 0. The lowest BCUT2D eigenvalue weighted by molar-refractivity contribution is -0.114. The Labute approximate surface area is 176 Å². The van der Waals surface area contributed by atoms with Crippen LogP contribution in [0.5, 0.6) is 5.88 Å². The van der Waals surface area contributed by atoms with Crippen LogP contribution in [0.2, 0.25) is 0 Å². The van der Waals surface area contributed by atoms with E-state index in [0.717, 1.165) is 0 Å². The number of hydrazone groups is 1. The normalized spacial score (nSPS) is 15.0. The molecular weight excluding hydrogens is 392 g/mol. The molecule has 0 aliphatic carbocycles. The molecule has 7 heteroatoms. The van der Waals surface area contributed by atoms with Crippen molar-refractivity contribution in [2.45, 2.75) is 0 Å². The number of para-hydroxylation sites is 1. The van der Waals surface area contributed by atoms with Gasteiger partial charge in [-0.2, -0.15) is 15.1 Å². The second kappa shape index (κ2) is 7.38. The number of aromatic nitrogens is 2. The molecule has 1 aliphatic rings. The summed E-state index contributed by atoms with van der Waals surface area (Å²) in [7, 11) is 0. The van der Waals surface area contributed by atoms with E-state index in [1.807, 2.05) is 48.5 Å². The van der Waals surface area contributed by atoms with E-state index in [9.17, 15) is 14.7 Å². The predicted octanol–water partition coefficient (Wildman–Crippen LogP) is 3.23. The molecule has 1 amide bonds. The number of carbonyl (C=O) groups is 1. The lowest BCUT2D eigenvalue weighted by Gasteiger charge is -2.11. The summed E-state index contributed by atoms with van der Waals surface area (Å²) in [4.78, 5) is 30.4. The maximum absolute atomic E-state index is 13.3. The van der Waals surface area contributed by atoms with Crippen molar-refractivity contribution in [3.8, 4) is 5.88 Å². The van der Waals surface area contributed by atoms with Crippen molar-refractivity contribution in [1.29, 1.82) is 0 Å². The number of nitrogens with zero attached hydrogens (tertiary/aromatic N) is 4. The van der Waals surface area contributed by atoms with Crippen LogP contribution < -0.4 is 10.6 Å². The van der Waals surface area contributed by atoms with Gasteiger partial charge in [-0.05, 0) is 30.3 Å². The van der Waals surface area contributed by atoms with Crippen molar-refractivity contribution in [2.24, 2.45) is 5.10 Å². The van der Waals surface area contributed by atoms with Crippen LogP contribution in [0.3, 0.4) is 0 Å². The Hall–Kier alpha value is -4.52. The van der Waals surface area contributed by atoms with Crippen LogP contribution in [0.1, 0.15) is 11.1 Å². The molecule has 0 radical (unpaired) electrons. The Bertz CT molecular complexity index is 1420. The number of hydrogen-bond donors (Lipinski definition) is 1. The van der Waals surface area contributed by atoms with Gasteiger partial charge in [0.25, 0.3) is 11.5 Å². The van der Waals surface area contributed by atoms with E-state index in [0.29, 0.717) is 22.6 Å². The van der Waals surface area contributed by atoms with Gasteiger partial charge in [-0.15, -0.1) is 0 Å². The van der Waals surface area contributed by atoms with Crippen LogP contribution in [-0.2, 0) is 4.79 Å². The molecule has 1 N–H and O–H groups in total. The minimum Gasteiger partial charge on any atom is -0.493 e. The van der Waals surface area contributed by atoms with Gasteiger partial charge in [-0.3, -0.25) is 14.0 Å². The topological polar surface area (TPSA) is 87.3 Å². The highest BCUT2D eigenvalue weighted by Crippen LogP contribution is 2.28. The van der Waals surface area contributed by atoms with Crippen LogP contribution in [0.25, 0.3) is 11.7 Å². The van der Waals surface area contributed by atoms with E-state index in [-0.39, 0.29) is 11.1 Å². The summed E-state index contributed by atoms with van der Waals surface area (Å²) in [5.41, 5.74) is 1.68. The zero-order valence-corrected chi connectivity index (χ0v) is 16.2. The molecular formula is C24H16N4O3. The number of amides is 1. The monoisotopic (exact) mass is 408 g/mol. The Kier molecular flexibility index (Phi) is 4.41. The number of pyridine rings is 1. The van der Waals surface area contributed by atoms with E-state index in [4.69, 9.17) is 0 Å². The zero-order valence-electron chi connectivity index (χ0n) is 16.2. The average Bonchev–Trinajstić information content (AvgIpc) is 3.14. The van der Waals surface area contributed by atoms with Crippen molar-refractivity contribution in [3.63, 3.8) is 0 Å². The molecule has 0 unspecified atom stereocenters. The number of carbonyl (C=O) groups excluding carboxylic acids is 1. The smallest absolute Gasteiger partial charge is 0.281 e. The SMILES string of the molecule is O=C1C(=Cc2c(O)nc3ccccn3c2=O)C(c2ccccc2)=NN1c1ccccc1. The molecule has 2 aromatic carbocycles. The molecule has 0 spiro atoms. The number of anilines is 1.